The van der Waals surface area contributed by atoms with Crippen LogP contribution in [0.15, 0.2) is 59.8 Å². The number of ether oxygens (including phenoxy) is 1. The van der Waals surface area contributed by atoms with Crippen LogP contribution in [0.4, 0.5) is 0 Å². The molecular formula is C22H24IrNO3S-. The van der Waals surface area contributed by atoms with E-state index in [4.69, 9.17) is 4.74 Å². The van der Waals surface area contributed by atoms with E-state index in [2.05, 4.69) is 17.1 Å². The van der Waals surface area contributed by atoms with Crippen LogP contribution in [0.2, 0.25) is 0 Å². The zero-order chi connectivity index (χ0) is 19.8. The van der Waals surface area contributed by atoms with Gasteiger partial charge in [0.15, 0.2) is 5.78 Å². The van der Waals surface area contributed by atoms with Gasteiger partial charge in [-0.2, -0.15) is 18.2 Å². The summed E-state index contributed by atoms with van der Waals surface area (Å²) in [4.78, 5) is 15.3. The van der Waals surface area contributed by atoms with Crippen LogP contribution in [0.5, 0.6) is 11.6 Å². The van der Waals surface area contributed by atoms with E-state index in [0.717, 1.165) is 10.1 Å². The summed E-state index contributed by atoms with van der Waals surface area (Å²) >= 11 is 1.63. The van der Waals surface area contributed by atoms with E-state index in [-0.39, 0.29) is 43.5 Å². The molecule has 1 radical (unpaired) electrons. The van der Waals surface area contributed by atoms with Crippen molar-refractivity contribution in [2.75, 3.05) is 0 Å². The van der Waals surface area contributed by atoms with E-state index in [1.54, 1.807) is 17.5 Å². The Morgan fingerprint density at radius 2 is 1.93 bits per heavy atom. The average molecular weight is 575 g/mol. The Labute approximate surface area is 183 Å². The molecule has 0 unspecified atom stereocenters. The molecule has 0 saturated heterocycles. The number of allylic oxidation sites excluding steroid dienone is 2. The number of ketones is 1. The monoisotopic (exact) mass is 575 g/mol. The van der Waals surface area contributed by atoms with Gasteiger partial charge in [0.2, 0.25) is 5.88 Å². The van der Waals surface area contributed by atoms with Gasteiger partial charge in [-0.15, -0.1) is 23.5 Å². The minimum Gasteiger partial charge on any atom is -0.512 e. The Kier molecular flexibility index (Phi) is 10.1. The van der Waals surface area contributed by atoms with Gasteiger partial charge < -0.3 is 9.84 Å². The zero-order valence-corrected chi connectivity index (χ0v) is 19.5. The number of rotatable bonds is 5. The third-order valence-corrected chi connectivity index (χ3v) is 4.59. The molecule has 2 heterocycles. The van der Waals surface area contributed by atoms with Gasteiger partial charge in [-0.05, 0) is 22.9 Å². The van der Waals surface area contributed by atoms with Gasteiger partial charge in [0.05, 0.1) is 10.5 Å². The average Bonchev–Trinajstić information content (AvgIpc) is 3.13. The summed E-state index contributed by atoms with van der Waals surface area (Å²) in [5.41, 5.74) is 0. The first-order valence-corrected chi connectivity index (χ1v) is 9.67. The fraction of sp³-hybridized carbons (Fsp3) is 0.273. The molecule has 0 aliphatic heterocycles. The first-order valence-electron chi connectivity index (χ1n) is 8.79. The van der Waals surface area contributed by atoms with Crippen LogP contribution in [-0.4, -0.2) is 15.9 Å². The van der Waals surface area contributed by atoms with Crippen LogP contribution in [0.1, 0.15) is 27.7 Å². The van der Waals surface area contributed by atoms with Crippen molar-refractivity contribution < 1.29 is 34.7 Å². The summed E-state index contributed by atoms with van der Waals surface area (Å²) in [5.74, 6) is 1.50. The number of aliphatic hydroxyl groups excluding tert-OH is 1. The van der Waals surface area contributed by atoms with Crippen LogP contribution in [0.3, 0.4) is 0 Å². The minimum atomic E-state index is -0.0316. The summed E-state index contributed by atoms with van der Waals surface area (Å²) < 4.78 is 6.76. The Morgan fingerprint density at radius 3 is 2.54 bits per heavy atom. The molecule has 28 heavy (non-hydrogen) atoms. The number of hydrogen-bond donors (Lipinski definition) is 1. The summed E-state index contributed by atoms with van der Waals surface area (Å²) in [6.07, 6.45) is 3.07. The predicted octanol–water partition coefficient (Wildman–Crippen LogP) is 6.20. The van der Waals surface area contributed by atoms with E-state index in [9.17, 15) is 9.90 Å². The first-order chi connectivity index (χ1) is 12.9. The van der Waals surface area contributed by atoms with Crippen LogP contribution in [0, 0.1) is 17.9 Å². The molecule has 151 valence electrons. The van der Waals surface area contributed by atoms with Gasteiger partial charge in [0, 0.05) is 50.0 Å². The summed E-state index contributed by atoms with van der Waals surface area (Å²) in [6.45, 7) is 7.32. The fourth-order valence-corrected chi connectivity index (χ4v) is 2.78. The Balaban J connectivity index is 0.000000292. The number of benzene rings is 1. The first kappa shape index (κ1) is 24.0. The van der Waals surface area contributed by atoms with Crippen molar-refractivity contribution in [2.24, 2.45) is 11.8 Å². The maximum absolute atomic E-state index is 11.0. The molecule has 0 aliphatic rings. The second kappa shape index (κ2) is 11.7. The van der Waals surface area contributed by atoms with Crippen molar-refractivity contribution in [1.82, 2.24) is 4.98 Å². The van der Waals surface area contributed by atoms with E-state index < -0.39 is 0 Å². The van der Waals surface area contributed by atoms with Crippen molar-refractivity contribution in [3.8, 4) is 11.6 Å². The third-order valence-electron chi connectivity index (χ3n) is 3.67. The number of para-hydroxylation sites is 1. The van der Waals surface area contributed by atoms with E-state index in [1.807, 2.05) is 63.4 Å². The van der Waals surface area contributed by atoms with Crippen LogP contribution in [0.25, 0.3) is 10.1 Å². The van der Waals surface area contributed by atoms with Gasteiger partial charge in [-0.3, -0.25) is 4.79 Å². The van der Waals surface area contributed by atoms with Gasteiger partial charge in [-0.25, -0.2) is 4.98 Å². The molecule has 0 amide bonds. The summed E-state index contributed by atoms with van der Waals surface area (Å²) in [6, 6.07) is 14.6. The van der Waals surface area contributed by atoms with E-state index in [0.29, 0.717) is 11.6 Å². The molecule has 1 N–H and O–H groups in total. The van der Waals surface area contributed by atoms with E-state index in [1.165, 1.54) is 6.08 Å². The van der Waals surface area contributed by atoms with Crippen LogP contribution < -0.4 is 4.74 Å². The quantitative estimate of drug-likeness (QED) is 0.224. The minimum absolute atomic E-state index is 0. The number of fused-ring (bicyclic) bond motifs is 1. The van der Waals surface area contributed by atoms with Gasteiger partial charge in [-0.1, -0.05) is 27.7 Å². The smallest absolute Gasteiger partial charge is 0.235 e. The van der Waals surface area contributed by atoms with Gasteiger partial charge in [0.25, 0.3) is 0 Å². The molecule has 4 nitrogen and oxygen atoms in total. The number of carbonyl (C=O) groups is 1. The second-order valence-electron chi connectivity index (χ2n) is 6.56. The Bertz CT molecular complexity index is 904. The maximum atomic E-state index is 11.0. The second-order valence-corrected chi connectivity index (χ2v) is 7.48. The SMILES string of the molecule is CC(C)C(=O)/C=C(\O)C(C)C.[Ir].[c-]1ccccc1Oc1nccc2ccsc12. The number of thiophene rings is 1. The van der Waals surface area contributed by atoms with Crippen LogP contribution >= 0.6 is 11.3 Å². The molecule has 0 spiro atoms. The number of pyridine rings is 1. The molecule has 1 aromatic carbocycles. The summed E-state index contributed by atoms with van der Waals surface area (Å²) in [5, 5.41) is 12.4. The van der Waals surface area contributed by atoms with Crippen molar-refractivity contribution in [2.45, 2.75) is 27.7 Å². The topological polar surface area (TPSA) is 59.4 Å². The Hall–Kier alpha value is -2.01. The molecule has 6 heteroatoms. The van der Waals surface area contributed by atoms with Crippen molar-refractivity contribution in [1.29, 1.82) is 0 Å². The van der Waals surface area contributed by atoms with Crippen molar-refractivity contribution in [3.63, 3.8) is 0 Å². The Morgan fingerprint density at radius 1 is 1.18 bits per heavy atom. The van der Waals surface area contributed by atoms with E-state index >= 15 is 0 Å². The number of aliphatic hydroxyl groups is 1. The number of aromatic nitrogens is 1. The number of nitrogens with zero attached hydrogens (tertiary/aromatic N) is 1. The predicted molar refractivity (Wildman–Crippen MR) is 110 cm³/mol. The standard InChI is InChI=1S/C13H8NOS.C9H16O2.Ir/c1-2-4-11(5-3-1)15-13-12-10(6-8-14-13)7-9-16-12;1-6(2)8(10)5-9(11)7(3)4;/h1-4,6-9H;5-7,10H,1-4H3;/q-1;;/b;8-5-;. The van der Waals surface area contributed by atoms with Crippen LogP contribution in [-0.2, 0) is 24.9 Å². The van der Waals surface area contributed by atoms with Crippen molar-refractivity contribution >= 4 is 27.2 Å². The molecule has 2 aromatic heterocycles. The normalized spacial score (nSPS) is 11.0. The fourth-order valence-electron chi connectivity index (χ4n) is 1.96. The maximum Gasteiger partial charge on any atom is 0.235 e. The molecule has 0 bridgehead atoms. The molecule has 0 saturated carbocycles. The molecule has 3 rings (SSSR count). The largest absolute Gasteiger partial charge is 0.512 e. The molecular weight excluding hydrogens is 551 g/mol. The molecule has 0 aliphatic carbocycles. The molecule has 0 fully saturated rings. The molecule has 3 aromatic rings. The molecule has 0 atom stereocenters. The third kappa shape index (κ3) is 7.19. The summed E-state index contributed by atoms with van der Waals surface area (Å²) in [7, 11) is 0. The van der Waals surface area contributed by atoms with Gasteiger partial charge in [0.1, 0.15) is 0 Å². The number of carbonyl (C=O) groups excluding carboxylic acids is 1. The van der Waals surface area contributed by atoms with Crippen molar-refractivity contribution in [3.05, 3.63) is 65.9 Å². The van der Waals surface area contributed by atoms with Gasteiger partial charge >= 0.3 is 0 Å². The zero-order valence-electron chi connectivity index (χ0n) is 16.3. The number of hydrogen-bond acceptors (Lipinski definition) is 5.